The molecule has 2 heteroatoms. The van der Waals surface area contributed by atoms with Gasteiger partial charge in [0.1, 0.15) is 0 Å². The van der Waals surface area contributed by atoms with Crippen LogP contribution >= 0.6 is 0 Å². The van der Waals surface area contributed by atoms with E-state index in [2.05, 4.69) is 109 Å². The second-order valence-corrected chi connectivity index (χ2v) is 11.9. The van der Waals surface area contributed by atoms with Crippen molar-refractivity contribution in [1.82, 2.24) is 0 Å². The summed E-state index contributed by atoms with van der Waals surface area (Å²) < 4.78 is 2.69. The lowest BCUT2D eigenvalue weighted by Crippen LogP contribution is -2.32. The molecule has 0 fully saturated rings. The number of nitrogens with zero attached hydrogens (tertiary/aromatic N) is 1. The van der Waals surface area contributed by atoms with Crippen LogP contribution in [-0.2, 0) is 0 Å². The third kappa shape index (κ3) is 4.89. The van der Waals surface area contributed by atoms with E-state index < -0.39 is 8.96 Å². The molecule has 1 radical (unpaired) electrons. The van der Waals surface area contributed by atoms with Gasteiger partial charge in [-0.15, -0.1) is 0 Å². The van der Waals surface area contributed by atoms with Gasteiger partial charge < -0.3 is 4.57 Å². The molecule has 153 valence electrons. The highest BCUT2D eigenvalue weighted by Crippen LogP contribution is 2.40. The molecule has 0 heterocycles. The van der Waals surface area contributed by atoms with Crippen LogP contribution in [0, 0.1) is 0 Å². The van der Waals surface area contributed by atoms with E-state index in [9.17, 15) is 0 Å². The summed E-state index contributed by atoms with van der Waals surface area (Å²) in [4.78, 5) is 0. The lowest BCUT2D eigenvalue weighted by molar-refractivity contribution is 0.836. The minimum Gasteiger partial charge on any atom is -0.369 e. The molecule has 2 rings (SSSR count). The first-order valence-corrected chi connectivity index (χ1v) is 13.4. The smallest absolute Gasteiger partial charge is 0.169 e. The lowest BCUT2D eigenvalue weighted by atomic mass is 9.93. The Labute approximate surface area is 175 Å². The first-order valence-electron chi connectivity index (χ1n) is 10.9. The standard InChI is InChI=1S/C26H40NSi/c1-17(2)21-11-13-23(19(5)6)25(15-21)27(28(9)10)26-16-22(18(3)4)12-14-24(26)20(7)8/h11-20H,1-10H3. The normalized spacial score (nSPS) is 12.1. The van der Waals surface area contributed by atoms with Gasteiger partial charge in [0.05, 0.1) is 0 Å². The molecule has 2 aromatic carbocycles. The summed E-state index contributed by atoms with van der Waals surface area (Å²) in [6, 6.07) is 14.3. The number of anilines is 2. The summed E-state index contributed by atoms with van der Waals surface area (Å²) in [6.45, 7) is 23.3. The minimum absolute atomic E-state index is 0.510. The van der Waals surface area contributed by atoms with Crippen molar-refractivity contribution in [3.63, 3.8) is 0 Å². The van der Waals surface area contributed by atoms with Crippen LogP contribution in [0.3, 0.4) is 0 Å². The molecule has 0 spiro atoms. The van der Waals surface area contributed by atoms with Crippen molar-refractivity contribution in [1.29, 1.82) is 0 Å². The molecule has 0 bridgehead atoms. The van der Waals surface area contributed by atoms with Crippen molar-refractivity contribution >= 4 is 20.3 Å². The Morgan fingerprint density at radius 3 is 1.18 bits per heavy atom. The molecule has 1 nitrogen and oxygen atoms in total. The molecule has 28 heavy (non-hydrogen) atoms. The van der Waals surface area contributed by atoms with Crippen LogP contribution in [-0.4, -0.2) is 8.96 Å². The fourth-order valence-corrected chi connectivity index (χ4v) is 5.17. The van der Waals surface area contributed by atoms with Crippen LogP contribution in [0.25, 0.3) is 0 Å². The van der Waals surface area contributed by atoms with E-state index >= 15 is 0 Å². The third-order valence-electron chi connectivity index (χ3n) is 5.62. The molecule has 0 aliphatic rings. The van der Waals surface area contributed by atoms with Crippen LogP contribution in [0.5, 0.6) is 0 Å². The Morgan fingerprint density at radius 2 is 0.929 bits per heavy atom. The summed E-state index contributed by atoms with van der Waals surface area (Å²) in [5, 5.41) is 0. The second-order valence-electron chi connectivity index (χ2n) is 9.54. The van der Waals surface area contributed by atoms with Crippen molar-refractivity contribution < 1.29 is 0 Å². The van der Waals surface area contributed by atoms with E-state index in [0.29, 0.717) is 23.7 Å². The first kappa shape index (κ1) is 22.7. The Morgan fingerprint density at radius 1 is 0.571 bits per heavy atom. The van der Waals surface area contributed by atoms with Gasteiger partial charge >= 0.3 is 0 Å². The Balaban J connectivity index is 2.80. The molecule has 0 atom stereocenters. The monoisotopic (exact) mass is 394 g/mol. The topological polar surface area (TPSA) is 3.24 Å². The molecule has 2 aromatic rings. The maximum absolute atomic E-state index is 2.69. The first-order chi connectivity index (χ1) is 13.0. The Bertz CT molecular complexity index is 724. The fourth-order valence-electron chi connectivity index (χ4n) is 3.81. The molecule has 0 unspecified atom stereocenters. The predicted molar refractivity (Wildman–Crippen MR) is 129 cm³/mol. The SMILES string of the molecule is CC(C)c1ccc(C(C)C)c(N(c2cc(C(C)C)ccc2C(C)C)[Si](C)C)c1. The summed E-state index contributed by atoms with van der Waals surface area (Å²) in [5.74, 6) is 2.10. The highest BCUT2D eigenvalue weighted by atomic mass is 28.3. The molecule has 0 aliphatic heterocycles. The molecule has 0 N–H and O–H groups in total. The number of benzene rings is 2. The van der Waals surface area contributed by atoms with Gasteiger partial charge in [-0.25, -0.2) is 0 Å². The van der Waals surface area contributed by atoms with E-state index in [-0.39, 0.29) is 0 Å². The van der Waals surface area contributed by atoms with Gasteiger partial charge in [-0.2, -0.15) is 0 Å². The molecule has 0 amide bonds. The largest absolute Gasteiger partial charge is 0.369 e. The van der Waals surface area contributed by atoms with Crippen LogP contribution in [0.2, 0.25) is 13.1 Å². The van der Waals surface area contributed by atoms with Gasteiger partial charge in [0.2, 0.25) is 0 Å². The van der Waals surface area contributed by atoms with E-state index in [1.54, 1.807) is 0 Å². The lowest BCUT2D eigenvalue weighted by Gasteiger charge is -2.35. The van der Waals surface area contributed by atoms with Gasteiger partial charge in [-0.05, 0) is 58.1 Å². The summed E-state index contributed by atoms with van der Waals surface area (Å²) in [5.41, 5.74) is 8.61. The molecular weight excluding hydrogens is 354 g/mol. The highest BCUT2D eigenvalue weighted by Gasteiger charge is 2.24. The molecule has 0 aliphatic carbocycles. The van der Waals surface area contributed by atoms with Crippen molar-refractivity contribution in [2.24, 2.45) is 0 Å². The molecule has 0 saturated carbocycles. The zero-order valence-corrected chi connectivity index (χ0v) is 20.7. The van der Waals surface area contributed by atoms with Crippen molar-refractivity contribution in [2.75, 3.05) is 4.57 Å². The summed E-state index contributed by atoms with van der Waals surface area (Å²) >= 11 is 0. The van der Waals surface area contributed by atoms with Gasteiger partial charge in [0, 0.05) is 11.4 Å². The zero-order valence-electron chi connectivity index (χ0n) is 19.7. The third-order valence-corrected chi connectivity index (χ3v) is 6.99. The molecule has 0 aromatic heterocycles. The second kappa shape index (κ2) is 9.30. The molecular formula is C26H40NSi. The van der Waals surface area contributed by atoms with Gasteiger partial charge in [0.25, 0.3) is 0 Å². The van der Waals surface area contributed by atoms with E-state index in [1.165, 1.54) is 33.6 Å². The van der Waals surface area contributed by atoms with Crippen LogP contribution < -0.4 is 4.57 Å². The number of hydrogen-bond acceptors (Lipinski definition) is 1. The Kier molecular flexibility index (Phi) is 7.56. The van der Waals surface area contributed by atoms with Crippen LogP contribution in [0.1, 0.15) is 101 Å². The van der Waals surface area contributed by atoms with Crippen molar-refractivity contribution in [3.8, 4) is 0 Å². The van der Waals surface area contributed by atoms with E-state index in [4.69, 9.17) is 0 Å². The van der Waals surface area contributed by atoms with Gasteiger partial charge in [-0.1, -0.05) is 92.7 Å². The Hall–Kier alpha value is -1.54. The number of hydrogen-bond donors (Lipinski definition) is 0. The average Bonchev–Trinajstić information content (AvgIpc) is 2.60. The summed E-state index contributed by atoms with van der Waals surface area (Å²) in [6.07, 6.45) is 0. The fraction of sp³-hybridized carbons (Fsp3) is 0.538. The number of rotatable bonds is 7. The maximum Gasteiger partial charge on any atom is 0.169 e. The molecule has 0 saturated heterocycles. The van der Waals surface area contributed by atoms with E-state index in [0.717, 1.165) is 0 Å². The van der Waals surface area contributed by atoms with Crippen molar-refractivity contribution in [2.45, 2.75) is 92.2 Å². The van der Waals surface area contributed by atoms with Gasteiger partial charge in [0.15, 0.2) is 8.96 Å². The van der Waals surface area contributed by atoms with Gasteiger partial charge in [-0.3, -0.25) is 0 Å². The average molecular weight is 395 g/mol. The zero-order chi connectivity index (χ0) is 21.2. The quantitative estimate of drug-likeness (QED) is 0.425. The van der Waals surface area contributed by atoms with Crippen LogP contribution in [0.15, 0.2) is 36.4 Å². The summed E-state index contributed by atoms with van der Waals surface area (Å²) in [7, 11) is -0.738. The van der Waals surface area contributed by atoms with Crippen LogP contribution in [0.4, 0.5) is 11.4 Å². The minimum atomic E-state index is -0.738. The predicted octanol–water partition coefficient (Wildman–Crippen LogP) is 8.57. The highest BCUT2D eigenvalue weighted by molar-refractivity contribution is 6.62. The van der Waals surface area contributed by atoms with Crippen molar-refractivity contribution in [3.05, 3.63) is 58.7 Å². The van der Waals surface area contributed by atoms with E-state index in [1.807, 2.05) is 0 Å². The maximum atomic E-state index is 2.69.